The highest BCUT2D eigenvalue weighted by molar-refractivity contribution is 6.25. The normalized spacial score (nSPS) is 16.4. The first-order valence-corrected chi connectivity index (χ1v) is 22.7. The highest BCUT2D eigenvalue weighted by atomic mass is 16.5. The molecule has 352 valence electrons. The van der Waals surface area contributed by atoms with Crippen LogP contribution in [0.4, 0.5) is 22.9 Å². The lowest BCUT2D eigenvalue weighted by molar-refractivity contribution is -0.136. The number of carbonyl (C=O) groups is 6. The predicted molar refractivity (Wildman–Crippen MR) is 257 cm³/mol. The van der Waals surface area contributed by atoms with Crippen LogP contribution in [-0.4, -0.2) is 118 Å². The zero-order valence-corrected chi connectivity index (χ0v) is 38.8. The summed E-state index contributed by atoms with van der Waals surface area (Å²) in [7, 11) is 1.66. The minimum absolute atomic E-state index is 0.0273. The quantitative estimate of drug-likeness (QED) is 0.0824. The van der Waals surface area contributed by atoms with Crippen molar-refractivity contribution in [2.45, 2.75) is 52.0 Å². The summed E-state index contributed by atoms with van der Waals surface area (Å²) in [5.74, 6) is -2.42. The summed E-state index contributed by atoms with van der Waals surface area (Å²) in [5.41, 5.74) is 6.03. The number of piperazine rings is 1. The van der Waals surface area contributed by atoms with Gasteiger partial charge >= 0.3 is 0 Å². The van der Waals surface area contributed by atoms with Crippen molar-refractivity contribution in [2.24, 2.45) is 7.05 Å². The number of rotatable bonds is 14. The largest absolute Gasteiger partial charge is 0.382 e. The van der Waals surface area contributed by atoms with E-state index in [1.165, 1.54) is 4.57 Å². The molecule has 1 aromatic heterocycles. The number of carbonyl (C=O) groups excluding carboxylic acids is 6. The summed E-state index contributed by atoms with van der Waals surface area (Å²) in [6.45, 7) is 12.6. The molecule has 4 aromatic carbocycles. The Kier molecular flexibility index (Phi) is 13.7. The zero-order chi connectivity index (χ0) is 48.3. The van der Waals surface area contributed by atoms with Crippen LogP contribution in [0, 0.1) is 6.92 Å². The maximum atomic E-state index is 13.5. The van der Waals surface area contributed by atoms with Crippen LogP contribution in [0.5, 0.6) is 0 Å². The molecule has 6 amide bonds. The number of fused-ring (bicyclic) bond motifs is 1. The SMILES string of the molecule is Cc1c(NC(=O)c2ccc(C(C)(C)C)cc2)cccc1-c1cn(C)c(=O)c(Nc2ccc(C(=O)N3CCN(CCOCCNc4cccc5c4C(=O)N(C4CCC(=O)NC4=O)C5=O)CC3)cc2)n1. The van der Waals surface area contributed by atoms with E-state index in [0.717, 1.165) is 21.6 Å². The van der Waals surface area contributed by atoms with Crippen LogP contribution in [0.3, 0.4) is 0 Å². The van der Waals surface area contributed by atoms with Crippen LogP contribution >= 0.6 is 0 Å². The third kappa shape index (κ3) is 10.1. The molecule has 0 saturated carbocycles. The standard InChI is InChI=1S/C51H55N9O8/c1-31-36(8-6-10-38(31)55-45(62)32-12-16-34(17-13-32)51(2,3)4)40-30-57(5)50(67)44(54-40)53-35-18-14-33(15-19-35)47(64)59-25-23-58(24-26-59)27-29-68-28-22-52-39-11-7-9-37-43(39)49(66)60(48(37)65)41-20-21-42(61)56-46(41)63/h6-19,30,41,52H,20-29H2,1-5H3,(H,53,54)(H,55,62)(H,56,61,63). The van der Waals surface area contributed by atoms with Crippen molar-refractivity contribution in [1.82, 2.24) is 29.6 Å². The summed E-state index contributed by atoms with van der Waals surface area (Å²) >= 11 is 0. The summed E-state index contributed by atoms with van der Waals surface area (Å²) in [4.78, 5) is 100. The Balaban J connectivity index is 0.792. The first-order valence-electron chi connectivity index (χ1n) is 22.7. The first kappa shape index (κ1) is 47.0. The molecule has 3 aliphatic rings. The number of anilines is 4. The molecule has 4 N–H and O–H groups in total. The Labute approximate surface area is 393 Å². The molecular weight excluding hydrogens is 867 g/mol. The van der Waals surface area contributed by atoms with Gasteiger partial charge in [0.05, 0.1) is 30.0 Å². The molecule has 4 heterocycles. The lowest BCUT2D eigenvalue weighted by Gasteiger charge is -2.34. The zero-order valence-electron chi connectivity index (χ0n) is 38.8. The Morgan fingerprint density at radius 1 is 0.809 bits per heavy atom. The molecule has 0 radical (unpaired) electrons. The van der Waals surface area contributed by atoms with E-state index < -0.39 is 29.7 Å². The fraction of sp³-hybridized carbons (Fsp3) is 0.333. The van der Waals surface area contributed by atoms with Gasteiger partial charge in [-0.3, -0.25) is 48.7 Å². The number of nitrogens with zero attached hydrogens (tertiary/aromatic N) is 5. The third-order valence-corrected chi connectivity index (χ3v) is 12.6. The third-order valence-electron chi connectivity index (χ3n) is 12.6. The van der Waals surface area contributed by atoms with E-state index in [9.17, 15) is 33.6 Å². The summed E-state index contributed by atoms with van der Waals surface area (Å²) in [6, 6.07) is 24.0. The molecule has 1 atom stereocenters. The van der Waals surface area contributed by atoms with Crippen LogP contribution in [-0.2, 0) is 26.8 Å². The van der Waals surface area contributed by atoms with E-state index in [0.29, 0.717) is 86.4 Å². The Bertz CT molecular complexity index is 2840. The number of nitrogens with one attached hydrogen (secondary N) is 4. The second-order valence-corrected chi connectivity index (χ2v) is 18.2. The average Bonchev–Trinajstić information content (AvgIpc) is 3.58. The van der Waals surface area contributed by atoms with Gasteiger partial charge in [-0.25, -0.2) is 4.98 Å². The van der Waals surface area contributed by atoms with E-state index in [1.54, 1.807) is 55.7 Å². The fourth-order valence-electron chi connectivity index (χ4n) is 8.59. The van der Waals surface area contributed by atoms with Crippen molar-refractivity contribution in [3.63, 3.8) is 0 Å². The minimum atomic E-state index is -1.03. The maximum Gasteiger partial charge on any atom is 0.293 e. The van der Waals surface area contributed by atoms with Gasteiger partial charge in [0.2, 0.25) is 11.8 Å². The van der Waals surface area contributed by atoms with E-state index in [1.807, 2.05) is 54.3 Å². The lowest BCUT2D eigenvalue weighted by Crippen LogP contribution is -2.54. The number of hydrogen-bond acceptors (Lipinski definition) is 12. The van der Waals surface area contributed by atoms with Crippen LogP contribution in [0.25, 0.3) is 11.3 Å². The van der Waals surface area contributed by atoms with Crippen LogP contribution in [0.2, 0.25) is 0 Å². The van der Waals surface area contributed by atoms with Gasteiger partial charge in [0.15, 0.2) is 5.82 Å². The number of imide groups is 2. The van der Waals surface area contributed by atoms with Gasteiger partial charge in [-0.05, 0) is 84.5 Å². The van der Waals surface area contributed by atoms with Gasteiger partial charge in [-0.15, -0.1) is 0 Å². The molecule has 17 nitrogen and oxygen atoms in total. The van der Waals surface area contributed by atoms with Crippen LogP contribution < -0.4 is 26.8 Å². The molecule has 17 heteroatoms. The molecular formula is C51H55N9O8. The number of benzene rings is 4. The Morgan fingerprint density at radius 3 is 2.18 bits per heavy atom. The number of ether oxygens (including phenoxy) is 1. The van der Waals surface area contributed by atoms with E-state index in [-0.39, 0.29) is 52.6 Å². The van der Waals surface area contributed by atoms with Crippen molar-refractivity contribution < 1.29 is 33.5 Å². The molecule has 0 aliphatic carbocycles. The van der Waals surface area contributed by atoms with Gasteiger partial charge in [0.1, 0.15) is 6.04 Å². The number of aryl methyl sites for hydroxylation is 1. The molecule has 0 bridgehead atoms. The van der Waals surface area contributed by atoms with Crippen molar-refractivity contribution in [3.8, 4) is 11.3 Å². The highest BCUT2D eigenvalue weighted by Crippen LogP contribution is 2.33. The van der Waals surface area contributed by atoms with Gasteiger partial charge in [-0.1, -0.05) is 51.1 Å². The first-order chi connectivity index (χ1) is 32.6. The van der Waals surface area contributed by atoms with E-state index in [4.69, 9.17) is 9.72 Å². The lowest BCUT2D eigenvalue weighted by atomic mass is 9.86. The Hall–Kier alpha value is -7.50. The molecule has 2 saturated heterocycles. The van der Waals surface area contributed by atoms with E-state index >= 15 is 0 Å². The minimum Gasteiger partial charge on any atom is -0.382 e. The number of piperidine rings is 1. The highest BCUT2D eigenvalue weighted by Gasteiger charge is 2.45. The van der Waals surface area contributed by atoms with Crippen molar-refractivity contribution in [2.75, 3.05) is 68.4 Å². The van der Waals surface area contributed by atoms with Gasteiger partial charge in [-0.2, -0.15) is 0 Å². The van der Waals surface area contributed by atoms with Gasteiger partial charge in [0.25, 0.3) is 29.2 Å². The molecule has 3 aliphatic heterocycles. The van der Waals surface area contributed by atoms with Crippen LogP contribution in [0.1, 0.15) is 86.2 Å². The van der Waals surface area contributed by atoms with Crippen molar-refractivity contribution >= 4 is 58.3 Å². The number of aromatic nitrogens is 2. The maximum absolute atomic E-state index is 13.5. The van der Waals surface area contributed by atoms with Crippen LogP contribution in [0.15, 0.2) is 95.9 Å². The average molecular weight is 922 g/mol. The monoisotopic (exact) mass is 921 g/mol. The molecule has 0 spiro atoms. The summed E-state index contributed by atoms with van der Waals surface area (Å²) in [6.07, 6.45) is 1.80. The van der Waals surface area contributed by atoms with Crippen molar-refractivity contribution in [1.29, 1.82) is 0 Å². The molecule has 2 fully saturated rings. The summed E-state index contributed by atoms with van der Waals surface area (Å²) < 4.78 is 7.33. The van der Waals surface area contributed by atoms with E-state index in [2.05, 4.69) is 46.9 Å². The number of hydrogen-bond donors (Lipinski definition) is 4. The fourth-order valence-corrected chi connectivity index (χ4v) is 8.59. The van der Waals surface area contributed by atoms with Crippen molar-refractivity contribution in [3.05, 3.63) is 135 Å². The molecule has 8 rings (SSSR count). The smallest absolute Gasteiger partial charge is 0.293 e. The molecule has 68 heavy (non-hydrogen) atoms. The second kappa shape index (κ2) is 19.8. The second-order valence-electron chi connectivity index (χ2n) is 18.2. The summed E-state index contributed by atoms with van der Waals surface area (Å²) in [5, 5.41) is 11.6. The Morgan fingerprint density at radius 2 is 1.49 bits per heavy atom. The van der Waals surface area contributed by atoms with Gasteiger partial charge < -0.3 is 30.2 Å². The topological polar surface area (TPSA) is 204 Å². The number of amides is 6. The molecule has 1 unspecified atom stereocenters. The van der Waals surface area contributed by atoms with Gasteiger partial charge in [0, 0.05) is 92.7 Å². The predicted octanol–water partition coefficient (Wildman–Crippen LogP) is 5.34. The molecule has 5 aromatic rings.